The minimum absolute atomic E-state index is 0.107. The first kappa shape index (κ1) is 18.7. The van der Waals surface area contributed by atoms with E-state index in [2.05, 4.69) is 22.5 Å². The van der Waals surface area contributed by atoms with E-state index in [0.29, 0.717) is 30.3 Å². The lowest BCUT2D eigenvalue weighted by atomic mass is 10.2. The molecule has 0 bridgehead atoms. The highest BCUT2D eigenvalue weighted by Crippen LogP contribution is 2.31. The number of thiophene rings is 1. The molecule has 7 heteroatoms. The molecule has 5 rings (SSSR count). The van der Waals surface area contributed by atoms with Crippen molar-refractivity contribution in [2.45, 2.75) is 19.6 Å². The molecule has 6 nitrogen and oxygen atoms in total. The zero-order chi connectivity index (χ0) is 20.5. The summed E-state index contributed by atoms with van der Waals surface area (Å²) in [5, 5.41) is 8.64. The van der Waals surface area contributed by atoms with Crippen LogP contribution in [-0.2, 0) is 6.54 Å². The van der Waals surface area contributed by atoms with E-state index in [0.717, 1.165) is 21.7 Å². The fourth-order valence-electron chi connectivity index (χ4n) is 3.55. The number of nitrogens with one attached hydrogen (secondary N) is 1. The molecule has 1 aliphatic heterocycles. The molecule has 1 N–H and O–H groups in total. The third-order valence-electron chi connectivity index (χ3n) is 5.06. The van der Waals surface area contributed by atoms with Gasteiger partial charge in [-0.05, 0) is 30.7 Å². The lowest BCUT2D eigenvalue weighted by molar-refractivity contribution is 0.0791. The fraction of sp³-hybridized carbons (Fsp3) is 0.217. The predicted molar refractivity (Wildman–Crippen MR) is 117 cm³/mol. The SMILES string of the molecule is Cc1nn(Cc2ccccc2)c2sc(C(=O)NC[C@H]3COc4ccccc4O3)cc12. The van der Waals surface area contributed by atoms with Gasteiger partial charge in [0, 0.05) is 5.39 Å². The van der Waals surface area contributed by atoms with Crippen molar-refractivity contribution in [3.05, 3.63) is 76.8 Å². The van der Waals surface area contributed by atoms with Gasteiger partial charge in [0.1, 0.15) is 17.5 Å². The van der Waals surface area contributed by atoms with Crippen molar-refractivity contribution >= 4 is 27.5 Å². The molecule has 0 saturated carbocycles. The zero-order valence-corrected chi connectivity index (χ0v) is 17.3. The largest absolute Gasteiger partial charge is 0.486 e. The van der Waals surface area contributed by atoms with E-state index in [4.69, 9.17) is 9.47 Å². The number of ether oxygens (including phenoxy) is 2. The second-order valence-corrected chi connectivity index (χ2v) is 8.30. The number of carbonyl (C=O) groups is 1. The summed E-state index contributed by atoms with van der Waals surface area (Å²) in [6.45, 7) is 3.45. The van der Waals surface area contributed by atoms with Crippen molar-refractivity contribution in [1.82, 2.24) is 15.1 Å². The number of nitrogens with zero attached hydrogens (tertiary/aromatic N) is 2. The molecule has 1 atom stereocenters. The van der Waals surface area contributed by atoms with Crippen LogP contribution >= 0.6 is 11.3 Å². The maximum Gasteiger partial charge on any atom is 0.261 e. The van der Waals surface area contributed by atoms with Crippen LogP contribution in [-0.4, -0.2) is 34.9 Å². The summed E-state index contributed by atoms with van der Waals surface area (Å²) >= 11 is 1.46. The number of amides is 1. The van der Waals surface area contributed by atoms with Crippen LogP contribution < -0.4 is 14.8 Å². The number of hydrogen-bond acceptors (Lipinski definition) is 5. The van der Waals surface area contributed by atoms with Crippen molar-refractivity contribution in [3.63, 3.8) is 0 Å². The quantitative estimate of drug-likeness (QED) is 0.531. The van der Waals surface area contributed by atoms with Crippen LogP contribution in [0.4, 0.5) is 0 Å². The number of aryl methyl sites for hydroxylation is 1. The monoisotopic (exact) mass is 419 g/mol. The summed E-state index contributed by atoms with van der Waals surface area (Å²) in [4.78, 5) is 14.4. The van der Waals surface area contributed by atoms with Gasteiger partial charge in [-0.1, -0.05) is 42.5 Å². The molecule has 0 aliphatic carbocycles. The third kappa shape index (κ3) is 3.64. The first-order valence-electron chi connectivity index (χ1n) is 9.85. The number of benzene rings is 2. The normalized spacial score (nSPS) is 15.3. The Kier molecular flexibility index (Phi) is 4.88. The Morgan fingerprint density at radius 2 is 1.93 bits per heavy atom. The van der Waals surface area contributed by atoms with E-state index in [1.807, 2.05) is 60.1 Å². The molecule has 3 heterocycles. The van der Waals surface area contributed by atoms with E-state index >= 15 is 0 Å². The summed E-state index contributed by atoms with van der Waals surface area (Å²) in [6, 6.07) is 19.7. The van der Waals surface area contributed by atoms with Gasteiger partial charge in [0.15, 0.2) is 11.5 Å². The minimum Gasteiger partial charge on any atom is -0.486 e. The molecule has 152 valence electrons. The van der Waals surface area contributed by atoms with E-state index < -0.39 is 0 Å². The lowest BCUT2D eigenvalue weighted by Gasteiger charge is -2.26. The number of hydrogen-bond donors (Lipinski definition) is 1. The van der Waals surface area contributed by atoms with Crippen molar-refractivity contribution in [2.24, 2.45) is 0 Å². The van der Waals surface area contributed by atoms with Crippen molar-refractivity contribution in [2.75, 3.05) is 13.2 Å². The Balaban J connectivity index is 1.28. The minimum atomic E-state index is -0.214. The molecular weight excluding hydrogens is 398 g/mol. The molecule has 0 fully saturated rings. The van der Waals surface area contributed by atoms with Gasteiger partial charge in [0.05, 0.1) is 23.7 Å². The van der Waals surface area contributed by atoms with E-state index in [-0.39, 0.29) is 12.0 Å². The van der Waals surface area contributed by atoms with Crippen LogP contribution in [0.15, 0.2) is 60.7 Å². The van der Waals surface area contributed by atoms with Crippen LogP contribution in [0, 0.1) is 6.92 Å². The lowest BCUT2D eigenvalue weighted by Crippen LogP contribution is -2.40. The van der Waals surface area contributed by atoms with Gasteiger partial charge in [-0.3, -0.25) is 9.48 Å². The Morgan fingerprint density at radius 1 is 1.17 bits per heavy atom. The number of para-hydroxylation sites is 2. The first-order chi connectivity index (χ1) is 14.7. The molecule has 30 heavy (non-hydrogen) atoms. The Hall–Kier alpha value is -3.32. The van der Waals surface area contributed by atoms with E-state index in [9.17, 15) is 4.79 Å². The highest BCUT2D eigenvalue weighted by atomic mass is 32.1. The average Bonchev–Trinajstić information content (AvgIpc) is 3.34. The van der Waals surface area contributed by atoms with Gasteiger partial charge in [-0.15, -0.1) is 11.3 Å². The molecule has 1 aliphatic rings. The Morgan fingerprint density at radius 3 is 2.77 bits per heavy atom. The highest BCUT2D eigenvalue weighted by Gasteiger charge is 2.22. The van der Waals surface area contributed by atoms with Gasteiger partial charge in [-0.25, -0.2) is 0 Å². The van der Waals surface area contributed by atoms with Gasteiger partial charge in [-0.2, -0.15) is 5.10 Å². The second kappa shape index (κ2) is 7.84. The van der Waals surface area contributed by atoms with Gasteiger partial charge in [0.25, 0.3) is 5.91 Å². The first-order valence-corrected chi connectivity index (χ1v) is 10.7. The molecule has 0 spiro atoms. The van der Waals surface area contributed by atoms with Crippen molar-refractivity contribution in [1.29, 1.82) is 0 Å². The summed E-state index contributed by atoms with van der Waals surface area (Å²) in [5.41, 5.74) is 2.10. The summed E-state index contributed by atoms with van der Waals surface area (Å²) < 4.78 is 13.6. The summed E-state index contributed by atoms with van der Waals surface area (Å²) in [6.07, 6.45) is -0.214. The molecule has 0 radical (unpaired) electrons. The van der Waals surface area contributed by atoms with Crippen LogP contribution in [0.1, 0.15) is 20.9 Å². The highest BCUT2D eigenvalue weighted by molar-refractivity contribution is 7.20. The van der Waals surface area contributed by atoms with Gasteiger partial charge in [0.2, 0.25) is 0 Å². The third-order valence-corrected chi connectivity index (χ3v) is 6.21. The summed E-state index contributed by atoms with van der Waals surface area (Å²) in [7, 11) is 0. The maximum absolute atomic E-state index is 12.8. The molecule has 2 aromatic carbocycles. The zero-order valence-electron chi connectivity index (χ0n) is 16.5. The Labute approximate surface area is 178 Å². The van der Waals surface area contributed by atoms with E-state index in [1.165, 1.54) is 16.9 Å². The van der Waals surface area contributed by atoms with Crippen LogP contribution in [0.5, 0.6) is 11.5 Å². The van der Waals surface area contributed by atoms with Crippen molar-refractivity contribution in [3.8, 4) is 11.5 Å². The molecule has 1 amide bonds. The van der Waals surface area contributed by atoms with E-state index in [1.54, 1.807) is 0 Å². The number of aromatic nitrogens is 2. The number of rotatable bonds is 5. The molecule has 2 aromatic heterocycles. The molecule has 0 saturated heterocycles. The smallest absolute Gasteiger partial charge is 0.261 e. The predicted octanol–water partition coefficient (Wildman–Crippen LogP) is 4.02. The Bertz CT molecular complexity index is 1200. The standard InChI is InChI=1S/C23H21N3O3S/c1-15-18-11-21(30-23(18)26(25-15)13-16-7-3-2-4-8-16)22(27)24-12-17-14-28-19-9-5-6-10-20(19)29-17/h2-11,17H,12-14H2,1H3,(H,24,27)/t17-/m0/s1. The molecule has 4 aromatic rings. The number of carbonyl (C=O) groups excluding carboxylic acids is 1. The maximum atomic E-state index is 12.8. The topological polar surface area (TPSA) is 65.4 Å². The molecule has 0 unspecified atom stereocenters. The van der Waals surface area contributed by atoms with Gasteiger partial charge >= 0.3 is 0 Å². The number of fused-ring (bicyclic) bond motifs is 2. The van der Waals surface area contributed by atoms with Crippen LogP contribution in [0.25, 0.3) is 10.2 Å². The summed E-state index contributed by atoms with van der Waals surface area (Å²) in [5.74, 6) is 1.34. The second-order valence-electron chi connectivity index (χ2n) is 7.27. The average molecular weight is 420 g/mol. The van der Waals surface area contributed by atoms with Crippen LogP contribution in [0.3, 0.4) is 0 Å². The fourth-order valence-corrected chi connectivity index (χ4v) is 4.62. The van der Waals surface area contributed by atoms with Crippen LogP contribution in [0.2, 0.25) is 0 Å². The van der Waals surface area contributed by atoms with Crippen molar-refractivity contribution < 1.29 is 14.3 Å². The van der Waals surface area contributed by atoms with Gasteiger partial charge < -0.3 is 14.8 Å². The molecular formula is C23H21N3O3S.